The third-order valence-corrected chi connectivity index (χ3v) is 2.60. The molecule has 1 aromatic heterocycles. The molecule has 1 heterocycles. The summed E-state index contributed by atoms with van der Waals surface area (Å²) >= 11 is 1.44. The maximum Gasteiger partial charge on any atom is 0.0804 e. The van der Waals surface area contributed by atoms with E-state index in [1.54, 1.807) is 0 Å². The Balaban J connectivity index is 2.90. The van der Waals surface area contributed by atoms with Crippen molar-refractivity contribution in [2.75, 3.05) is 7.05 Å². The van der Waals surface area contributed by atoms with Gasteiger partial charge >= 0.3 is 0 Å². The van der Waals surface area contributed by atoms with Crippen molar-refractivity contribution in [2.45, 2.75) is 19.4 Å². The number of aromatic nitrogens is 2. The Bertz CT molecular complexity index is 257. The SMILES string of the molecule is C=CC(NC)c1snnc1CC. The number of nitrogens with one attached hydrogen (secondary N) is 1. The molecule has 1 rings (SSSR count). The Morgan fingerprint density at radius 2 is 2.50 bits per heavy atom. The van der Waals surface area contributed by atoms with Crippen molar-refractivity contribution < 1.29 is 0 Å². The van der Waals surface area contributed by atoms with E-state index in [-0.39, 0.29) is 6.04 Å². The molecule has 1 unspecified atom stereocenters. The highest BCUT2D eigenvalue weighted by Gasteiger charge is 2.12. The van der Waals surface area contributed by atoms with E-state index < -0.39 is 0 Å². The van der Waals surface area contributed by atoms with Crippen LogP contribution in [-0.2, 0) is 6.42 Å². The van der Waals surface area contributed by atoms with Crippen LogP contribution in [0.2, 0.25) is 0 Å². The molecule has 0 saturated heterocycles. The molecule has 1 atom stereocenters. The van der Waals surface area contributed by atoms with Crippen LogP contribution in [0.3, 0.4) is 0 Å². The average molecular weight is 183 g/mol. The smallest absolute Gasteiger partial charge is 0.0804 e. The van der Waals surface area contributed by atoms with Crippen molar-refractivity contribution in [2.24, 2.45) is 0 Å². The first-order chi connectivity index (χ1) is 5.83. The first kappa shape index (κ1) is 9.35. The standard InChI is InChI=1S/C8H13N3S/c1-4-6(9-3)8-7(5-2)10-11-12-8/h4,6,9H,1,5H2,2-3H3. The molecule has 0 amide bonds. The lowest BCUT2D eigenvalue weighted by atomic mass is 10.2. The molecular formula is C8H13N3S. The lowest BCUT2D eigenvalue weighted by Crippen LogP contribution is -2.13. The largest absolute Gasteiger partial charge is 0.309 e. The number of aryl methyl sites for hydroxylation is 1. The van der Waals surface area contributed by atoms with Crippen molar-refractivity contribution in [3.63, 3.8) is 0 Å². The molecule has 1 aromatic rings. The fourth-order valence-corrected chi connectivity index (χ4v) is 1.90. The van der Waals surface area contributed by atoms with E-state index in [9.17, 15) is 0 Å². The van der Waals surface area contributed by atoms with E-state index in [0.29, 0.717) is 0 Å². The van der Waals surface area contributed by atoms with Crippen molar-refractivity contribution >= 4 is 11.5 Å². The van der Waals surface area contributed by atoms with Crippen LogP contribution in [0.15, 0.2) is 12.7 Å². The zero-order valence-electron chi connectivity index (χ0n) is 7.37. The molecule has 1 N–H and O–H groups in total. The van der Waals surface area contributed by atoms with E-state index in [2.05, 4.69) is 28.4 Å². The molecule has 0 aliphatic carbocycles. The van der Waals surface area contributed by atoms with E-state index in [0.717, 1.165) is 12.1 Å². The van der Waals surface area contributed by atoms with Crippen LogP contribution in [0.25, 0.3) is 0 Å². The van der Waals surface area contributed by atoms with Crippen molar-refractivity contribution in [1.82, 2.24) is 14.9 Å². The Labute approximate surface area is 76.7 Å². The van der Waals surface area contributed by atoms with E-state index in [4.69, 9.17) is 0 Å². The third-order valence-electron chi connectivity index (χ3n) is 1.75. The van der Waals surface area contributed by atoms with Crippen molar-refractivity contribution in [1.29, 1.82) is 0 Å². The van der Waals surface area contributed by atoms with Crippen molar-refractivity contribution in [3.05, 3.63) is 23.2 Å². The summed E-state index contributed by atoms with van der Waals surface area (Å²) in [6.07, 6.45) is 2.80. The number of rotatable bonds is 4. The van der Waals surface area contributed by atoms with Crippen LogP contribution in [-0.4, -0.2) is 16.6 Å². The summed E-state index contributed by atoms with van der Waals surface area (Å²) in [4.78, 5) is 1.18. The normalized spacial score (nSPS) is 12.8. The molecule has 0 fully saturated rings. The fourth-order valence-electron chi connectivity index (χ4n) is 1.05. The summed E-state index contributed by atoms with van der Waals surface area (Å²) in [5, 5.41) is 7.17. The van der Waals surface area contributed by atoms with Crippen LogP contribution < -0.4 is 5.32 Å². The zero-order valence-corrected chi connectivity index (χ0v) is 8.19. The minimum absolute atomic E-state index is 0.194. The van der Waals surface area contributed by atoms with Gasteiger partial charge in [0.25, 0.3) is 0 Å². The molecule has 0 spiro atoms. The van der Waals surface area contributed by atoms with Gasteiger partial charge in [-0.05, 0) is 25.0 Å². The summed E-state index contributed by atoms with van der Waals surface area (Å²) in [5.41, 5.74) is 1.07. The molecule has 0 aliphatic rings. The van der Waals surface area contributed by atoms with Gasteiger partial charge in [-0.25, -0.2) is 0 Å². The summed E-state index contributed by atoms with van der Waals surface area (Å²) in [5.74, 6) is 0. The first-order valence-electron chi connectivity index (χ1n) is 3.94. The fraction of sp³-hybridized carbons (Fsp3) is 0.500. The van der Waals surface area contributed by atoms with Gasteiger partial charge < -0.3 is 5.32 Å². The quantitative estimate of drug-likeness (QED) is 0.720. The maximum absolute atomic E-state index is 4.03. The molecule has 3 nitrogen and oxygen atoms in total. The second-order valence-electron chi connectivity index (χ2n) is 2.44. The second kappa shape index (κ2) is 4.33. The molecule has 12 heavy (non-hydrogen) atoms. The maximum atomic E-state index is 4.03. The number of likely N-dealkylation sites (N-methyl/N-ethyl adjacent to an activating group) is 1. The van der Waals surface area contributed by atoms with E-state index in [1.807, 2.05) is 13.1 Å². The van der Waals surface area contributed by atoms with Crippen LogP contribution in [0.5, 0.6) is 0 Å². The highest BCUT2D eigenvalue weighted by molar-refractivity contribution is 7.05. The van der Waals surface area contributed by atoms with Crippen LogP contribution in [0.1, 0.15) is 23.5 Å². The average Bonchev–Trinajstić information content (AvgIpc) is 2.55. The van der Waals surface area contributed by atoms with Crippen LogP contribution in [0, 0.1) is 0 Å². The van der Waals surface area contributed by atoms with Gasteiger partial charge in [0.15, 0.2) is 0 Å². The molecule has 4 heteroatoms. The molecule has 0 radical (unpaired) electrons. The number of hydrogen-bond acceptors (Lipinski definition) is 4. The minimum Gasteiger partial charge on any atom is -0.309 e. The first-order valence-corrected chi connectivity index (χ1v) is 4.71. The van der Waals surface area contributed by atoms with Gasteiger partial charge in [0.1, 0.15) is 0 Å². The summed E-state index contributed by atoms with van der Waals surface area (Å²) in [6.45, 7) is 5.83. The van der Waals surface area contributed by atoms with E-state index in [1.165, 1.54) is 16.4 Å². The number of nitrogens with zero attached hydrogens (tertiary/aromatic N) is 2. The zero-order chi connectivity index (χ0) is 8.97. The molecule has 66 valence electrons. The van der Waals surface area contributed by atoms with Gasteiger partial charge in [0.2, 0.25) is 0 Å². The summed E-state index contributed by atoms with van der Waals surface area (Å²) in [7, 11) is 1.91. The Morgan fingerprint density at radius 1 is 1.75 bits per heavy atom. The monoisotopic (exact) mass is 183 g/mol. The third kappa shape index (κ3) is 1.70. The van der Waals surface area contributed by atoms with Crippen LogP contribution >= 0.6 is 11.5 Å². The Kier molecular flexibility index (Phi) is 3.37. The lowest BCUT2D eigenvalue weighted by Gasteiger charge is -2.08. The highest BCUT2D eigenvalue weighted by atomic mass is 32.1. The predicted octanol–water partition coefficient (Wildman–Crippen LogP) is 1.55. The Hall–Kier alpha value is -0.740. The summed E-state index contributed by atoms with van der Waals surface area (Å²) < 4.78 is 3.91. The van der Waals surface area contributed by atoms with Gasteiger partial charge in [-0.1, -0.05) is 17.5 Å². The molecule has 0 aromatic carbocycles. The van der Waals surface area contributed by atoms with E-state index >= 15 is 0 Å². The lowest BCUT2D eigenvalue weighted by molar-refractivity contribution is 0.716. The number of hydrogen-bond donors (Lipinski definition) is 1. The second-order valence-corrected chi connectivity index (χ2v) is 3.23. The topological polar surface area (TPSA) is 37.8 Å². The minimum atomic E-state index is 0.194. The van der Waals surface area contributed by atoms with Gasteiger partial charge in [-0.15, -0.1) is 11.7 Å². The highest BCUT2D eigenvalue weighted by Crippen LogP contribution is 2.20. The van der Waals surface area contributed by atoms with Gasteiger partial charge in [0.05, 0.1) is 16.6 Å². The molecule has 0 saturated carbocycles. The van der Waals surface area contributed by atoms with Gasteiger partial charge in [-0.3, -0.25) is 0 Å². The molecular weight excluding hydrogens is 170 g/mol. The van der Waals surface area contributed by atoms with Gasteiger partial charge in [0, 0.05) is 0 Å². The van der Waals surface area contributed by atoms with Gasteiger partial charge in [-0.2, -0.15) is 0 Å². The molecule has 0 aliphatic heterocycles. The molecule has 0 bridgehead atoms. The summed E-state index contributed by atoms with van der Waals surface area (Å²) in [6, 6.07) is 0.194. The van der Waals surface area contributed by atoms with Crippen LogP contribution in [0.4, 0.5) is 0 Å². The Morgan fingerprint density at radius 3 is 3.00 bits per heavy atom. The van der Waals surface area contributed by atoms with Crippen molar-refractivity contribution in [3.8, 4) is 0 Å². The predicted molar refractivity (Wildman–Crippen MR) is 51.3 cm³/mol.